The number of aliphatic imine (C=N–C) groups is 1. The zero-order chi connectivity index (χ0) is 7.28. The highest BCUT2D eigenvalue weighted by atomic mass is 16.6. The largest absolute Gasteiger partial charge is 0.342 e. The van der Waals surface area contributed by atoms with Gasteiger partial charge in [-0.3, -0.25) is 4.99 Å². The summed E-state index contributed by atoms with van der Waals surface area (Å²) >= 11 is 0. The summed E-state index contributed by atoms with van der Waals surface area (Å²) < 4.78 is 0. The van der Waals surface area contributed by atoms with Gasteiger partial charge in [-0.2, -0.15) is 0 Å². The Balaban J connectivity index is 3.84. The second-order valence-corrected chi connectivity index (χ2v) is 1.94. The Bertz CT molecular complexity index is 118. The first-order chi connectivity index (χ1) is 4.22. The standard InChI is InChI=1S/C6H12N2O/c1-5(2)6(7-3)9-8-4/h5H,4H2,1-3H3. The molecule has 0 radical (unpaired) electrons. The molecule has 0 saturated carbocycles. The maximum atomic E-state index is 4.72. The summed E-state index contributed by atoms with van der Waals surface area (Å²) in [7, 11) is 1.67. The van der Waals surface area contributed by atoms with E-state index in [2.05, 4.69) is 16.9 Å². The van der Waals surface area contributed by atoms with Gasteiger partial charge in [-0.05, 0) is 0 Å². The molecule has 0 aliphatic heterocycles. The molecule has 0 bridgehead atoms. The predicted octanol–water partition coefficient (Wildman–Crippen LogP) is 1.30. The molecule has 0 fully saturated rings. The molecule has 0 saturated heterocycles. The lowest BCUT2D eigenvalue weighted by Crippen LogP contribution is -2.08. The minimum Gasteiger partial charge on any atom is -0.342 e. The highest BCUT2D eigenvalue weighted by molar-refractivity contribution is 5.77. The summed E-state index contributed by atoms with van der Waals surface area (Å²) in [5.74, 6) is 0.894. The zero-order valence-corrected chi connectivity index (χ0v) is 6.09. The third kappa shape index (κ3) is 2.85. The minimum absolute atomic E-state index is 0.278. The van der Waals surface area contributed by atoms with Crippen molar-refractivity contribution in [2.75, 3.05) is 7.05 Å². The third-order valence-electron chi connectivity index (χ3n) is 0.872. The summed E-state index contributed by atoms with van der Waals surface area (Å²) in [6, 6.07) is 0. The van der Waals surface area contributed by atoms with Gasteiger partial charge in [0.25, 0.3) is 0 Å². The quantitative estimate of drug-likeness (QED) is 0.313. The van der Waals surface area contributed by atoms with Gasteiger partial charge in [0.1, 0.15) is 0 Å². The van der Waals surface area contributed by atoms with E-state index in [-0.39, 0.29) is 5.92 Å². The van der Waals surface area contributed by atoms with Crippen LogP contribution < -0.4 is 0 Å². The van der Waals surface area contributed by atoms with Gasteiger partial charge in [0.2, 0.25) is 5.90 Å². The van der Waals surface area contributed by atoms with Crippen molar-refractivity contribution >= 4 is 12.6 Å². The topological polar surface area (TPSA) is 34.0 Å². The Hall–Kier alpha value is -0.860. The van der Waals surface area contributed by atoms with Crippen LogP contribution in [0.4, 0.5) is 0 Å². The van der Waals surface area contributed by atoms with Crippen LogP contribution in [0.3, 0.4) is 0 Å². The van der Waals surface area contributed by atoms with Gasteiger partial charge >= 0.3 is 0 Å². The van der Waals surface area contributed by atoms with Crippen LogP contribution in [0.5, 0.6) is 0 Å². The number of rotatable bonds is 2. The highest BCUT2D eigenvalue weighted by Gasteiger charge is 2.03. The van der Waals surface area contributed by atoms with Crippen molar-refractivity contribution < 1.29 is 4.84 Å². The summed E-state index contributed by atoms with van der Waals surface area (Å²) in [4.78, 5) is 8.55. The fourth-order valence-corrected chi connectivity index (χ4v) is 0.471. The van der Waals surface area contributed by atoms with E-state index in [0.29, 0.717) is 5.90 Å². The summed E-state index contributed by atoms with van der Waals surface area (Å²) in [6.45, 7) is 7.14. The molecular formula is C6H12N2O. The van der Waals surface area contributed by atoms with Crippen molar-refractivity contribution in [3.8, 4) is 0 Å². The maximum absolute atomic E-state index is 4.72. The molecule has 0 atom stereocenters. The molecule has 52 valence electrons. The summed E-state index contributed by atoms with van der Waals surface area (Å²) in [5, 5.41) is 3.25. The Morgan fingerprint density at radius 1 is 1.56 bits per heavy atom. The molecule has 3 heteroatoms. The van der Waals surface area contributed by atoms with Crippen LogP contribution in [-0.4, -0.2) is 19.7 Å². The molecule has 0 aliphatic carbocycles. The molecule has 0 rings (SSSR count). The third-order valence-corrected chi connectivity index (χ3v) is 0.872. The first-order valence-electron chi connectivity index (χ1n) is 2.82. The maximum Gasteiger partial charge on any atom is 0.222 e. The van der Waals surface area contributed by atoms with E-state index < -0.39 is 0 Å². The van der Waals surface area contributed by atoms with E-state index in [4.69, 9.17) is 4.84 Å². The second kappa shape index (κ2) is 4.06. The molecule has 3 nitrogen and oxygen atoms in total. The van der Waals surface area contributed by atoms with Gasteiger partial charge in [0, 0.05) is 19.7 Å². The van der Waals surface area contributed by atoms with Gasteiger partial charge in [-0.1, -0.05) is 19.0 Å². The molecule has 0 aromatic carbocycles. The fourth-order valence-electron chi connectivity index (χ4n) is 0.471. The Labute approximate surface area is 55.4 Å². The summed E-state index contributed by atoms with van der Waals surface area (Å²) in [6.07, 6.45) is 0. The van der Waals surface area contributed by atoms with E-state index >= 15 is 0 Å². The first kappa shape index (κ1) is 8.14. The lowest BCUT2D eigenvalue weighted by Gasteiger charge is -2.03. The lowest BCUT2D eigenvalue weighted by molar-refractivity contribution is 0.309. The highest BCUT2D eigenvalue weighted by Crippen LogP contribution is 1.97. The van der Waals surface area contributed by atoms with Crippen LogP contribution in [0.1, 0.15) is 13.8 Å². The number of nitrogens with zero attached hydrogens (tertiary/aromatic N) is 2. The van der Waals surface area contributed by atoms with Gasteiger partial charge < -0.3 is 4.84 Å². The molecule has 0 aromatic rings. The van der Waals surface area contributed by atoms with Crippen LogP contribution in [-0.2, 0) is 4.84 Å². The van der Waals surface area contributed by atoms with E-state index in [1.807, 2.05) is 13.8 Å². The lowest BCUT2D eigenvalue weighted by atomic mass is 10.2. The van der Waals surface area contributed by atoms with Crippen LogP contribution in [0.2, 0.25) is 0 Å². The molecule has 0 unspecified atom stereocenters. The van der Waals surface area contributed by atoms with Gasteiger partial charge in [0.05, 0.1) is 0 Å². The second-order valence-electron chi connectivity index (χ2n) is 1.94. The van der Waals surface area contributed by atoms with Crippen LogP contribution >= 0.6 is 0 Å². The molecule has 0 spiro atoms. The molecule has 0 heterocycles. The molecule has 0 N–H and O–H groups in total. The molecule has 9 heavy (non-hydrogen) atoms. The Kier molecular flexibility index (Phi) is 3.67. The van der Waals surface area contributed by atoms with Crippen molar-refractivity contribution in [3.63, 3.8) is 0 Å². The first-order valence-corrected chi connectivity index (χ1v) is 2.82. The Morgan fingerprint density at radius 3 is 2.22 bits per heavy atom. The van der Waals surface area contributed by atoms with E-state index in [0.717, 1.165) is 0 Å². The van der Waals surface area contributed by atoms with Gasteiger partial charge in [0.15, 0.2) is 0 Å². The SMILES string of the molecule is C=NOC(=NC)C(C)C. The summed E-state index contributed by atoms with van der Waals surface area (Å²) in [5.41, 5.74) is 0. The normalized spacial score (nSPS) is 11.8. The molecule has 0 aliphatic rings. The van der Waals surface area contributed by atoms with E-state index in [1.54, 1.807) is 7.05 Å². The van der Waals surface area contributed by atoms with Crippen LogP contribution in [0.15, 0.2) is 10.1 Å². The predicted molar refractivity (Wildman–Crippen MR) is 38.8 cm³/mol. The van der Waals surface area contributed by atoms with E-state index in [9.17, 15) is 0 Å². The van der Waals surface area contributed by atoms with E-state index in [1.165, 1.54) is 0 Å². The monoisotopic (exact) mass is 128 g/mol. The average Bonchev–Trinajstić information content (AvgIpc) is 1.82. The smallest absolute Gasteiger partial charge is 0.222 e. The fraction of sp³-hybridized carbons (Fsp3) is 0.667. The van der Waals surface area contributed by atoms with Crippen molar-refractivity contribution in [1.29, 1.82) is 0 Å². The molecule has 0 amide bonds. The van der Waals surface area contributed by atoms with Crippen LogP contribution in [0.25, 0.3) is 0 Å². The van der Waals surface area contributed by atoms with Crippen molar-refractivity contribution in [1.82, 2.24) is 0 Å². The number of hydrogen-bond acceptors (Lipinski definition) is 3. The van der Waals surface area contributed by atoms with Crippen LogP contribution in [0, 0.1) is 5.92 Å². The van der Waals surface area contributed by atoms with Crippen molar-refractivity contribution in [3.05, 3.63) is 0 Å². The molecular weight excluding hydrogens is 116 g/mol. The van der Waals surface area contributed by atoms with Gasteiger partial charge in [-0.15, -0.1) is 0 Å². The Morgan fingerprint density at radius 2 is 2.11 bits per heavy atom. The average molecular weight is 128 g/mol. The van der Waals surface area contributed by atoms with Crippen molar-refractivity contribution in [2.24, 2.45) is 16.1 Å². The number of oxime groups is 1. The molecule has 0 aromatic heterocycles. The zero-order valence-electron chi connectivity index (χ0n) is 6.09. The number of hydrogen-bond donors (Lipinski definition) is 0. The van der Waals surface area contributed by atoms with Gasteiger partial charge in [-0.25, -0.2) is 0 Å². The minimum atomic E-state index is 0.278. The van der Waals surface area contributed by atoms with Crippen molar-refractivity contribution in [2.45, 2.75) is 13.8 Å².